The Labute approximate surface area is 304 Å². The molecule has 0 aromatic heterocycles. The predicted octanol–water partition coefficient (Wildman–Crippen LogP) is 7.60. The number of aryl methyl sites for hydroxylation is 1. The van der Waals surface area contributed by atoms with Crippen molar-refractivity contribution in [2.24, 2.45) is 5.92 Å². The molecule has 6 rings (SSSR count). The number of carbonyl (C=O) groups excluding carboxylic acids is 1. The zero-order chi connectivity index (χ0) is 35.8. The smallest absolute Gasteiger partial charge is 0.242 e. The van der Waals surface area contributed by atoms with E-state index in [1.54, 1.807) is 36.0 Å². The predicted molar refractivity (Wildman–Crippen MR) is 201 cm³/mol. The van der Waals surface area contributed by atoms with Gasteiger partial charge in [-0.05, 0) is 66.4 Å². The Morgan fingerprint density at radius 3 is 2.06 bits per heavy atom. The fourth-order valence-corrected chi connectivity index (χ4v) is 8.25. The Morgan fingerprint density at radius 1 is 0.784 bits per heavy atom. The number of rotatable bonds is 13. The van der Waals surface area contributed by atoms with Gasteiger partial charge in [0.2, 0.25) is 15.9 Å². The molecule has 5 atom stereocenters. The summed E-state index contributed by atoms with van der Waals surface area (Å²) in [6.45, 7) is 3.99. The van der Waals surface area contributed by atoms with Crippen molar-refractivity contribution in [1.29, 1.82) is 0 Å². The van der Waals surface area contributed by atoms with Crippen LogP contribution in [0.3, 0.4) is 0 Å². The summed E-state index contributed by atoms with van der Waals surface area (Å²) in [6.07, 6.45) is -0.878. The van der Waals surface area contributed by atoms with E-state index in [-0.39, 0.29) is 36.0 Å². The third-order valence-corrected chi connectivity index (χ3v) is 11.5. The number of nitrogens with one attached hydrogen (secondary N) is 2. The van der Waals surface area contributed by atoms with E-state index < -0.39 is 28.3 Å². The summed E-state index contributed by atoms with van der Waals surface area (Å²) in [5, 5.41) is 12.5. The van der Waals surface area contributed by atoms with E-state index in [1.165, 1.54) is 12.1 Å². The highest BCUT2D eigenvalue weighted by Gasteiger charge is 2.38. The van der Waals surface area contributed by atoms with Crippen molar-refractivity contribution in [3.05, 3.63) is 161 Å². The van der Waals surface area contributed by atoms with Crippen LogP contribution in [0.5, 0.6) is 0 Å². The van der Waals surface area contributed by atoms with Crippen LogP contribution in [-0.4, -0.2) is 37.3 Å². The molecule has 1 amide bonds. The maximum absolute atomic E-state index is 13.7. The summed E-state index contributed by atoms with van der Waals surface area (Å²) >= 11 is 1.74. The molecule has 1 aliphatic heterocycles. The third-order valence-electron chi connectivity index (χ3n) is 8.96. The molecule has 5 aromatic rings. The molecule has 10 heteroatoms. The highest BCUT2D eigenvalue weighted by atomic mass is 32.2. The first-order chi connectivity index (χ1) is 24.7. The number of aliphatic hydroxyl groups excluding tert-OH is 1. The lowest BCUT2D eigenvalue weighted by Gasteiger charge is -2.41. The topological polar surface area (TPSA) is 114 Å². The fourth-order valence-electron chi connectivity index (χ4n) is 5.97. The SMILES string of the molecule is Cc1ccc(S(=O)(=O)N[C@H](Cc2ccccc2)C(=O)Nc2ccc([C@@H]3O[C@H](CSc4ccccc4)[C@H](C)[C@H](c4ccc(CO)cc4)O3)cc2)cc1. The number of anilines is 1. The molecule has 3 N–H and O–H groups in total. The number of sulfonamides is 1. The van der Waals surface area contributed by atoms with Gasteiger partial charge in [0.15, 0.2) is 6.29 Å². The van der Waals surface area contributed by atoms with Crippen LogP contribution in [0, 0.1) is 12.8 Å². The van der Waals surface area contributed by atoms with Crippen LogP contribution < -0.4 is 10.0 Å². The van der Waals surface area contributed by atoms with Crippen LogP contribution >= 0.6 is 11.8 Å². The number of thioether (sulfide) groups is 1. The zero-order valence-electron chi connectivity index (χ0n) is 28.5. The van der Waals surface area contributed by atoms with Gasteiger partial charge in [-0.2, -0.15) is 4.72 Å². The molecule has 1 aliphatic rings. The van der Waals surface area contributed by atoms with E-state index in [2.05, 4.69) is 29.1 Å². The van der Waals surface area contributed by atoms with Gasteiger partial charge in [-0.15, -0.1) is 11.8 Å². The summed E-state index contributed by atoms with van der Waals surface area (Å²) in [4.78, 5) is 14.9. The maximum Gasteiger partial charge on any atom is 0.242 e. The van der Waals surface area contributed by atoms with E-state index in [9.17, 15) is 18.3 Å². The Morgan fingerprint density at radius 2 is 1.41 bits per heavy atom. The molecule has 0 radical (unpaired) electrons. The number of carbonyl (C=O) groups is 1. The first-order valence-corrected chi connectivity index (χ1v) is 19.4. The quantitative estimate of drug-likeness (QED) is 0.107. The molecular formula is C41H42N2O6S2. The molecular weight excluding hydrogens is 681 g/mol. The number of ether oxygens (including phenoxy) is 2. The lowest BCUT2D eigenvalue weighted by atomic mass is 9.91. The van der Waals surface area contributed by atoms with Crippen molar-refractivity contribution in [2.75, 3.05) is 11.1 Å². The number of benzene rings is 5. The van der Waals surface area contributed by atoms with Crippen LogP contribution in [0.2, 0.25) is 0 Å². The van der Waals surface area contributed by atoms with E-state index in [0.717, 1.165) is 38.5 Å². The minimum atomic E-state index is -3.98. The second kappa shape index (κ2) is 16.8. The summed E-state index contributed by atoms with van der Waals surface area (Å²) in [5.41, 5.74) is 4.88. The minimum Gasteiger partial charge on any atom is -0.392 e. The molecule has 51 heavy (non-hydrogen) atoms. The highest BCUT2D eigenvalue weighted by Crippen LogP contribution is 2.43. The minimum absolute atomic E-state index is 0.0298. The van der Waals surface area contributed by atoms with Crippen LogP contribution in [-0.2, 0) is 37.3 Å². The van der Waals surface area contributed by atoms with Crippen molar-refractivity contribution >= 4 is 33.4 Å². The van der Waals surface area contributed by atoms with Gasteiger partial charge in [0.25, 0.3) is 0 Å². The van der Waals surface area contributed by atoms with Crippen molar-refractivity contribution in [3.63, 3.8) is 0 Å². The summed E-state index contributed by atoms with van der Waals surface area (Å²) < 4.78 is 42.5. The Hall–Kier alpha value is -4.29. The summed E-state index contributed by atoms with van der Waals surface area (Å²) in [6, 6.07) is 40.0. The van der Waals surface area contributed by atoms with Crippen molar-refractivity contribution in [3.8, 4) is 0 Å². The number of amides is 1. The third kappa shape index (κ3) is 9.53. The van der Waals surface area contributed by atoms with E-state index >= 15 is 0 Å². The molecule has 1 saturated heterocycles. The number of hydrogen-bond donors (Lipinski definition) is 3. The van der Waals surface area contributed by atoms with Gasteiger partial charge < -0.3 is 19.9 Å². The van der Waals surface area contributed by atoms with Crippen LogP contribution in [0.25, 0.3) is 0 Å². The van der Waals surface area contributed by atoms with Crippen LogP contribution in [0.4, 0.5) is 5.69 Å². The monoisotopic (exact) mass is 722 g/mol. The Kier molecular flexibility index (Phi) is 12.0. The molecule has 5 aromatic carbocycles. The molecule has 0 unspecified atom stereocenters. The fraction of sp³-hybridized carbons (Fsp3) is 0.244. The largest absolute Gasteiger partial charge is 0.392 e. The lowest BCUT2D eigenvalue weighted by Crippen LogP contribution is -2.45. The van der Waals surface area contributed by atoms with Crippen molar-refractivity contribution in [1.82, 2.24) is 4.72 Å². The standard InChI is InChI=1S/C41H42N2O6S2/c1-28-13-23-36(24-14-28)51(46,47)43-37(25-30-9-5-3-6-10-30)40(45)42-34-21-19-33(20-22-34)41-48-38(27-50-35-11-7-4-8-12-35)29(2)39(49-41)32-17-15-31(26-44)16-18-32/h3-24,29,37-39,41,43-44H,25-27H2,1-2H3,(H,42,45)/t29-,37+,38+,39+,41+/m0/s1. The van der Waals surface area contributed by atoms with Gasteiger partial charge in [0, 0.05) is 27.8 Å². The molecule has 0 spiro atoms. The maximum atomic E-state index is 13.7. The molecule has 0 saturated carbocycles. The zero-order valence-corrected chi connectivity index (χ0v) is 30.1. The molecule has 1 fully saturated rings. The molecule has 8 nitrogen and oxygen atoms in total. The summed E-state index contributed by atoms with van der Waals surface area (Å²) in [7, 11) is -3.98. The van der Waals surface area contributed by atoms with Crippen LogP contribution in [0.1, 0.15) is 47.1 Å². The Balaban J connectivity index is 1.19. The highest BCUT2D eigenvalue weighted by molar-refractivity contribution is 7.99. The van der Waals surface area contributed by atoms with Gasteiger partial charge in [-0.1, -0.05) is 110 Å². The lowest BCUT2D eigenvalue weighted by molar-refractivity contribution is -0.268. The van der Waals surface area contributed by atoms with Gasteiger partial charge >= 0.3 is 0 Å². The van der Waals surface area contributed by atoms with Gasteiger partial charge in [-0.25, -0.2) is 8.42 Å². The molecule has 0 aliphatic carbocycles. The van der Waals surface area contributed by atoms with Crippen molar-refractivity contribution < 1.29 is 27.8 Å². The molecule has 1 heterocycles. The molecule has 0 bridgehead atoms. The van der Waals surface area contributed by atoms with Gasteiger partial charge in [0.1, 0.15) is 6.04 Å². The van der Waals surface area contributed by atoms with E-state index in [4.69, 9.17) is 9.47 Å². The summed E-state index contributed by atoms with van der Waals surface area (Å²) in [5.74, 6) is 0.290. The number of hydrogen-bond acceptors (Lipinski definition) is 7. The second-order valence-electron chi connectivity index (χ2n) is 12.7. The first kappa shape index (κ1) is 36.5. The van der Waals surface area contributed by atoms with E-state index in [1.807, 2.05) is 91.9 Å². The number of aliphatic hydroxyl groups is 1. The second-order valence-corrected chi connectivity index (χ2v) is 15.5. The van der Waals surface area contributed by atoms with Crippen molar-refractivity contribution in [2.45, 2.75) is 61.2 Å². The average Bonchev–Trinajstić information content (AvgIpc) is 3.15. The van der Waals surface area contributed by atoms with E-state index in [0.29, 0.717) is 5.69 Å². The normalized spacial score (nSPS) is 19.7. The average molecular weight is 723 g/mol. The van der Waals surface area contributed by atoms with Gasteiger partial charge in [0.05, 0.1) is 23.7 Å². The molecule has 264 valence electrons. The Bertz CT molecular complexity index is 1980. The van der Waals surface area contributed by atoms with Crippen LogP contribution in [0.15, 0.2) is 143 Å². The van der Waals surface area contributed by atoms with Gasteiger partial charge in [-0.3, -0.25) is 4.79 Å². The first-order valence-electron chi connectivity index (χ1n) is 16.9.